The third-order valence-corrected chi connectivity index (χ3v) is 2.97. The van der Waals surface area contributed by atoms with E-state index < -0.39 is 11.2 Å². The number of halogens is 3. The fourth-order valence-corrected chi connectivity index (χ4v) is 1.87. The summed E-state index contributed by atoms with van der Waals surface area (Å²) in [7, 11) is 0. The van der Waals surface area contributed by atoms with E-state index in [0.29, 0.717) is 26.5 Å². The van der Waals surface area contributed by atoms with Crippen molar-refractivity contribution in [3.05, 3.63) is 28.0 Å². The van der Waals surface area contributed by atoms with Gasteiger partial charge in [-0.2, -0.15) is 18.3 Å². The van der Waals surface area contributed by atoms with E-state index in [4.69, 9.17) is 12.2 Å². The number of rotatable bonds is 1. The van der Waals surface area contributed by atoms with E-state index in [2.05, 4.69) is 15.2 Å². The van der Waals surface area contributed by atoms with Crippen molar-refractivity contribution >= 4 is 23.6 Å². The molecule has 0 atom stereocenters. The summed E-state index contributed by atoms with van der Waals surface area (Å²) in [6.07, 6.45) is -3.27. The Morgan fingerprint density at radius 3 is 2.56 bits per heavy atom. The molecule has 2 aromatic heterocycles. The lowest BCUT2D eigenvalue weighted by atomic mass is 10.3. The van der Waals surface area contributed by atoms with Gasteiger partial charge in [-0.1, -0.05) is 12.2 Å². The van der Waals surface area contributed by atoms with E-state index in [-0.39, 0.29) is 0 Å². The third-order valence-electron chi connectivity index (χ3n) is 1.68. The van der Waals surface area contributed by atoms with Crippen molar-refractivity contribution in [3.8, 4) is 10.6 Å². The molecule has 0 aliphatic rings. The number of aromatic nitrogens is 3. The van der Waals surface area contributed by atoms with Crippen LogP contribution in [0.15, 0.2) is 18.3 Å². The largest absolute Gasteiger partial charge is 0.443 e. The van der Waals surface area contributed by atoms with Crippen LogP contribution in [0.1, 0.15) is 5.01 Å². The molecule has 0 aliphatic carbocycles. The summed E-state index contributed by atoms with van der Waals surface area (Å²) in [5.74, 6) is 0. The summed E-state index contributed by atoms with van der Waals surface area (Å²) < 4.78 is 37.3. The maximum Gasteiger partial charge on any atom is 0.443 e. The molecular weight excluding hydrogens is 259 g/mol. The molecule has 0 radical (unpaired) electrons. The summed E-state index contributed by atoms with van der Waals surface area (Å²) in [6, 6.07) is 3.11. The van der Waals surface area contributed by atoms with Crippen LogP contribution in [-0.2, 0) is 6.18 Å². The first-order chi connectivity index (χ1) is 7.47. The molecule has 2 heterocycles. The average Bonchev–Trinajstić information content (AvgIpc) is 2.67. The normalized spacial score (nSPS) is 11.7. The number of nitrogens with zero attached hydrogens (tertiary/aromatic N) is 2. The predicted molar refractivity (Wildman–Crippen MR) is 55.5 cm³/mol. The predicted octanol–water partition coefficient (Wildman–Crippen LogP) is 3.28. The van der Waals surface area contributed by atoms with Gasteiger partial charge in [-0.3, -0.25) is 5.10 Å². The van der Waals surface area contributed by atoms with E-state index in [1.165, 1.54) is 0 Å². The van der Waals surface area contributed by atoms with Crippen molar-refractivity contribution in [2.24, 2.45) is 0 Å². The first kappa shape index (κ1) is 11.2. The Morgan fingerprint density at radius 1 is 1.31 bits per heavy atom. The minimum absolute atomic E-state index is 0.346. The van der Waals surface area contributed by atoms with Gasteiger partial charge in [0.2, 0.25) is 0 Å². The van der Waals surface area contributed by atoms with E-state index in [1.807, 2.05) is 0 Å². The van der Waals surface area contributed by atoms with Crippen molar-refractivity contribution in [3.63, 3.8) is 0 Å². The van der Waals surface area contributed by atoms with E-state index in [9.17, 15) is 13.2 Å². The standard InChI is InChI=1S/C8H4F3N3S2/c9-8(10,11)7-12-3-5(16-7)4-1-2-6(15)14-13-4/h1-3H,(H,14,15). The van der Waals surface area contributed by atoms with Crippen LogP contribution in [0, 0.1) is 4.64 Å². The number of H-pyrrole nitrogens is 1. The lowest BCUT2D eigenvalue weighted by Crippen LogP contribution is -2.02. The maximum absolute atomic E-state index is 12.3. The zero-order chi connectivity index (χ0) is 11.8. The van der Waals surface area contributed by atoms with Gasteiger partial charge >= 0.3 is 6.18 Å². The van der Waals surface area contributed by atoms with E-state index in [0.717, 1.165) is 6.20 Å². The van der Waals surface area contributed by atoms with Gasteiger partial charge < -0.3 is 0 Å². The molecule has 1 N–H and O–H groups in total. The summed E-state index contributed by atoms with van der Waals surface area (Å²) in [5.41, 5.74) is 0.390. The molecule has 16 heavy (non-hydrogen) atoms. The fourth-order valence-electron chi connectivity index (χ4n) is 1.01. The highest BCUT2D eigenvalue weighted by atomic mass is 32.1. The van der Waals surface area contributed by atoms with E-state index >= 15 is 0 Å². The van der Waals surface area contributed by atoms with Crippen molar-refractivity contribution in [2.45, 2.75) is 6.18 Å². The molecule has 2 rings (SSSR count). The Bertz CT molecular complexity index is 538. The number of hydrogen-bond acceptors (Lipinski definition) is 4. The Labute approximate surface area is 97.0 Å². The molecule has 0 spiro atoms. The highest BCUT2D eigenvalue weighted by molar-refractivity contribution is 7.71. The van der Waals surface area contributed by atoms with Crippen LogP contribution in [-0.4, -0.2) is 15.2 Å². The minimum atomic E-state index is -4.41. The number of alkyl halides is 3. The molecule has 0 saturated carbocycles. The van der Waals surface area contributed by atoms with Crippen molar-refractivity contribution in [2.75, 3.05) is 0 Å². The zero-order valence-corrected chi connectivity index (χ0v) is 9.21. The topological polar surface area (TPSA) is 41.6 Å². The summed E-state index contributed by atoms with van der Waals surface area (Å²) in [6.45, 7) is 0. The first-order valence-electron chi connectivity index (χ1n) is 4.06. The van der Waals surface area contributed by atoms with Gasteiger partial charge in [0.1, 0.15) is 10.3 Å². The molecule has 84 valence electrons. The van der Waals surface area contributed by atoms with Crippen LogP contribution in [0.25, 0.3) is 10.6 Å². The molecule has 0 aromatic carbocycles. The highest BCUT2D eigenvalue weighted by Gasteiger charge is 2.34. The van der Waals surface area contributed by atoms with Gasteiger partial charge in [-0.05, 0) is 12.1 Å². The van der Waals surface area contributed by atoms with Crippen LogP contribution in [0.2, 0.25) is 0 Å². The van der Waals surface area contributed by atoms with Gasteiger partial charge in [0.05, 0.1) is 4.88 Å². The van der Waals surface area contributed by atoms with Crippen LogP contribution >= 0.6 is 23.6 Å². The van der Waals surface area contributed by atoms with Gasteiger partial charge in [-0.15, -0.1) is 11.3 Å². The molecule has 0 saturated heterocycles. The molecule has 0 bridgehead atoms. The Hall–Kier alpha value is -1.28. The molecule has 0 amide bonds. The number of hydrogen-bond donors (Lipinski definition) is 1. The van der Waals surface area contributed by atoms with Crippen LogP contribution < -0.4 is 0 Å². The summed E-state index contributed by atoms with van der Waals surface area (Å²) in [4.78, 5) is 3.65. The maximum atomic E-state index is 12.3. The Morgan fingerprint density at radius 2 is 2.06 bits per heavy atom. The SMILES string of the molecule is FC(F)(F)c1ncc(-c2ccc(=S)[nH]n2)s1. The third kappa shape index (κ3) is 2.27. The lowest BCUT2D eigenvalue weighted by Gasteiger charge is -1.98. The first-order valence-corrected chi connectivity index (χ1v) is 5.28. The van der Waals surface area contributed by atoms with Gasteiger partial charge in [0.15, 0.2) is 5.01 Å². The van der Waals surface area contributed by atoms with E-state index in [1.54, 1.807) is 12.1 Å². The summed E-state index contributed by atoms with van der Waals surface area (Å²) in [5, 5.41) is 5.44. The molecule has 0 unspecified atom stereocenters. The molecule has 2 aromatic rings. The van der Waals surface area contributed by atoms with Crippen LogP contribution in [0.5, 0.6) is 0 Å². The lowest BCUT2D eigenvalue weighted by molar-refractivity contribution is -0.137. The number of thiazole rings is 1. The van der Waals surface area contributed by atoms with Crippen molar-refractivity contribution in [1.29, 1.82) is 0 Å². The molecule has 0 fully saturated rings. The Kier molecular flexibility index (Phi) is 2.76. The van der Waals surface area contributed by atoms with Gasteiger partial charge in [-0.25, -0.2) is 4.98 Å². The average molecular weight is 263 g/mol. The monoisotopic (exact) mass is 263 g/mol. The summed E-state index contributed by atoms with van der Waals surface area (Å²) >= 11 is 5.32. The fraction of sp³-hybridized carbons (Fsp3) is 0.125. The number of nitrogens with one attached hydrogen (secondary N) is 1. The highest BCUT2D eigenvalue weighted by Crippen LogP contribution is 2.35. The molecule has 8 heteroatoms. The second-order valence-electron chi connectivity index (χ2n) is 2.83. The quantitative estimate of drug-likeness (QED) is 0.803. The second kappa shape index (κ2) is 3.95. The second-order valence-corrected chi connectivity index (χ2v) is 4.30. The zero-order valence-electron chi connectivity index (χ0n) is 7.58. The molecule has 0 aliphatic heterocycles. The van der Waals surface area contributed by atoms with Crippen molar-refractivity contribution in [1.82, 2.24) is 15.2 Å². The van der Waals surface area contributed by atoms with Crippen LogP contribution in [0.3, 0.4) is 0 Å². The Balaban J connectivity index is 2.39. The van der Waals surface area contributed by atoms with Gasteiger partial charge in [0.25, 0.3) is 0 Å². The van der Waals surface area contributed by atoms with Crippen LogP contribution in [0.4, 0.5) is 13.2 Å². The molecule has 3 nitrogen and oxygen atoms in total. The molecular formula is C8H4F3N3S2. The van der Waals surface area contributed by atoms with Gasteiger partial charge in [0, 0.05) is 6.20 Å². The smallest absolute Gasteiger partial charge is 0.267 e. The number of aromatic amines is 1. The minimum Gasteiger partial charge on any atom is -0.267 e. The van der Waals surface area contributed by atoms with Crippen molar-refractivity contribution < 1.29 is 13.2 Å².